The Morgan fingerprint density at radius 1 is 1.07 bits per heavy atom. The Balaban J connectivity index is 1.60. The van der Waals surface area contributed by atoms with Crippen molar-refractivity contribution < 1.29 is 28.5 Å². The zero-order valence-electron chi connectivity index (χ0n) is 17.2. The molecule has 0 N–H and O–H groups in total. The van der Waals surface area contributed by atoms with Gasteiger partial charge >= 0.3 is 12.1 Å². The van der Waals surface area contributed by atoms with Crippen molar-refractivity contribution in [1.29, 1.82) is 0 Å². The summed E-state index contributed by atoms with van der Waals surface area (Å²) in [6, 6.07) is 7.19. The van der Waals surface area contributed by atoms with Crippen LogP contribution in [0.5, 0.6) is 11.5 Å². The number of ether oxygens (including phenoxy) is 4. The topological polar surface area (TPSA) is 74.3 Å². The van der Waals surface area contributed by atoms with E-state index in [-0.39, 0.29) is 31.0 Å². The van der Waals surface area contributed by atoms with Gasteiger partial charge in [-0.3, -0.25) is 4.79 Å². The van der Waals surface area contributed by atoms with Crippen LogP contribution in [0.4, 0.5) is 4.79 Å². The van der Waals surface area contributed by atoms with Gasteiger partial charge in [-0.15, -0.1) is 0 Å². The number of benzene rings is 1. The highest BCUT2D eigenvalue weighted by atomic mass is 16.6. The van der Waals surface area contributed by atoms with Gasteiger partial charge in [0.05, 0.1) is 26.7 Å². The molecule has 0 radical (unpaired) electrons. The van der Waals surface area contributed by atoms with Crippen LogP contribution in [0.2, 0.25) is 0 Å². The van der Waals surface area contributed by atoms with Crippen LogP contribution in [0.15, 0.2) is 24.3 Å². The molecule has 0 saturated carbocycles. The van der Waals surface area contributed by atoms with Crippen molar-refractivity contribution in [2.75, 3.05) is 33.4 Å². The van der Waals surface area contributed by atoms with Crippen LogP contribution in [0.1, 0.15) is 40.0 Å². The molecular formula is C21H31NO6. The average Bonchev–Trinajstić information content (AvgIpc) is 2.66. The van der Waals surface area contributed by atoms with Gasteiger partial charge in [0.2, 0.25) is 0 Å². The Labute approximate surface area is 166 Å². The number of piperidine rings is 1. The van der Waals surface area contributed by atoms with Gasteiger partial charge in [-0.25, -0.2) is 4.79 Å². The van der Waals surface area contributed by atoms with Gasteiger partial charge in [0.1, 0.15) is 17.1 Å². The number of hydrogen-bond acceptors (Lipinski definition) is 6. The first-order valence-electron chi connectivity index (χ1n) is 9.67. The van der Waals surface area contributed by atoms with Crippen LogP contribution in [-0.4, -0.2) is 56.0 Å². The number of carbonyl (C=O) groups is 2. The fourth-order valence-corrected chi connectivity index (χ4v) is 2.82. The van der Waals surface area contributed by atoms with Crippen LogP contribution < -0.4 is 9.47 Å². The van der Waals surface area contributed by atoms with Gasteiger partial charge in [-0.2, -0.15) is 0 Å². The van der Waals surface area contributed by atoms with Crippen molar-refractivity contribution in [3.05, 3.63) is 24.3 Å². The summed E-state index contributed by atoms with van der Waals surface area (Å²) >= 11 is 0. The Bertz CT molecular complexity index is 629. The molecule has 1 aromatic rings. The van der Waals surface area contributed by atoms with E-state index < -0.39 is 5.60 Å². The number of methoxy groups -OCH3 is 1. The Morgan fingerprint density at radius 2 is 1.68 bits per heavy atom. The van der Waals surface area contributed by atoms with E-state index in [1.54, 1.807) is 36.3 Å². The molecule has 2 rings (SSSR count). The van der Waals surface area contributed by atoms with Gasteiger partial charge in [0.25, 0.3) is 0 Å². The second-order valence-corrected chi connectivity index (χ2v) is 7.87. The first-order valence-corrected chi connectivity index (χ1v) is 9.67. The van der Waals surface area contributed by atoms with Crippen molar-refractivity contribution in [2.45, 2.75) is 45.6 Å². The van der Waals surface area contributed by atoms with E-state index in [1.807, 2.05) is 20.8 Å². The van der Waals surface area contributed by atoms with Crippen LogP contribution in [0.25, 0.3) is 0 Å². The molecule has 0 spiro atoms. The van der Waals surface area contributed by atoms with Crippen molar-refractivity contribution in [2.24, 2.45) is 5.92 Å². The van der Waals surface area contributed by atoms with E-state index in [2.05, 4.69) is 0 Å². The zero-order chi connectivity index (χ0) is 20.6. The average molecular weight is 393 g/mol. The number of likely N-dealkylation sites (tertiary alicyclic amines) is 1. The first-order chi connectivity index (χ1) is 13.3. The third-order valence-electron chi connectivity index (χ3n) is 4.38. The molecule has 7 nitrogen and oxygen atoms in total. The number of rotatable bonds is 7. The predicted octanol–water partition coefficient (Wildman–Crippen LogP) is 3.65. The Kier molecular flexibility index (Phi) is 7.96. The summed E-state index contributed by atoms with van der Waals surface area (Å²) < 4.78 is 21.4. The largest absolute Gasteiger partial charge is 0.497 e. The normalized spacial score (nSPS) is 15.1. The van der Waals surface area contributed by atoms with Gasteiger partial charge in [-0.05, 0) is 63.8 Å². The highest BCUT2D eigenvalue weighted by molar-refractivity contribution is 5.69. The van der Waals surface area contributed by atoms with Crippen LogP contribution >= 0.6 is 0 Å². The quantitative estimate of drug-likeness (QED) is 0.658. The van der Waals surface area contributed by atoms with Crippen molar-refractivity contribution in [3.8, 4) is 11.5 Å². The van der Waals surface area contributed by atoms with Crippen LogP contribution in [0.3, 0.4) is 0 Å². The maximum atomic E-state index is 12.1. The summed E-state index contributed by atoms with van der Waals surface area (Å²) in [5, 5.41) is 0. The molecule has 1 amide bonds. The molecule has 0 unspecified atom stereocenters. The number of carbonyl (C=O) groups excluding carboxylic acids is 2. The molecule has 1 heterocycles. The van der Waals surface area contributed by atoms with Crippen molar-refractivity contribution in [3.63, 3.8) is 0 Å². The Hall–Kier alpha value is -2.44. The van der Waals surface area contributed by atoms with E-state index in [9.17, 15) is 9.59 Å². The SMILES string of the molecule is COc1ccc(OCCC(=O)OCC2CCN(C(=O)OC(C)(C)C)CC2)cc1. The molecule has 0 bridgehead atoms. The second kappa shape index (κ2) is 10.2. The molecule has 156 valence electrons. The van der Waals surface area contributed by atoms with Crippen LogP contribution in [-0.2, 0) is 14.3 Å². The van der Waals surface area contributed by atoms with E-state index in [0.29, 0.717) is 25.4 Å². The maximum Gasteiger partial charge on any atom is 0.410 e. The van der Waals surface area contributed by atoms with Crippen molar-refractivity contribution in [1.82, 2.24) is 4.90 Å². The minimum atomic E-state index is -0.489. The van der Waals surface area contributed by atoms with E-state index in [0.717, 1.165) is 18.6 Å². The molecule has 1 saturated heterocycles. The molecule has 7 heteroatoms. The zero-order valence-corrected chi connectivity index (χ0v) is 17.2. The minimum Gasteiger partial charge on any atom is -0.497 e. The van der Waals surface area contributed by atoms with E-state index in [1.165, 1.54) is 0 Å². The maximum absolute atomic E-state index is 12.1. The first kappa shape index (κ1) is 21.9. The molecule has 1 fully saturated rings. The highest BCUT2D eigenvalue weighted by Crippen LogP contribution is 2.20. The monoisotopic (exact) mass is 393 g/mol. The summed E-state index contributed by atoms with van der Waals surface area (Å²) in [6.45, 7) is 7.46. The molecule has 0 aliphatic carbocycles. The molecule has 1 aliphatic rings. The standard InChI is InChI=1S/C21H31NO6/c1-21(2,3)28-20(24)22-12-9-16(10-13-22)15-27-19(23)11-14-26-18-7-5-17(25-4)6-8-18/h5-8,16H,9-15H2,1-4H3. The summed E-state index contributed by atoms with van der Waals surface area (Å²) in [7, 11) is 1.60. The molecular weight excluding hydrogens is 362 g/mol. The lowest BCUT2D eigenvalue weighted by molar-refractivity contribution is -0.146. The lowest BCUT2D eigenvalue weighted by Crippen LogP contribution is -2.42. The summed E-state index contributed by atoms with van der Waals surface area (Å²) in [4.78, 5) is 25.7. The number of amides is 1. The van der Waals surface area contributed by atoms with Gasteiger partial charge in [0, 0.05) is 13.1 Å². The van der Waals surface area contributed by atoms with E-state index in [4.69, 9.17) is 18.9 Å². The number of esters is 1. The Morgan fingerprint density at radius 3 is 2.25 bits per heavy atom. The minimum absolute atomic E-state index is 0.197. The predicted molar refractivity (Wildman–Crippen MR) is 105 cm³/mol. The lowest BCUT2D eigenvalue weighted by atomic mass is 9.98. The fraction of sp³-hybridized carbons (Fsp3) is 0.619. The molecule has 1 aliphatic heterocycles. The molecule has 1 aromatic carbocycles. The molecule has 0 aromatic heterocycles. The van der Waals surface area contributed by atoms with Crippen LogP contribution in [0, 0.1) is 5.92 Å². The fourth-order valence-electron chi connectivity index (χ4n) is 2.82. The van der Waals surface area contributed by atoms with Gasteiger partial charge < -0.3 is 23.8 Å². The third kappa shape index (κ3) is 7.66. The molecule has 0 atom stereocenters. The number of hydrogen-bond donors (Lipinski definition) is 0. The smallest absolute Gasteiger partial charge is 0.410 e. The summed E-state index contributed by atoms with van der Waals surface area (Å²) in [5.41, 5.74) is -0.489. The van der Waals surface area contributed by atoms with Crippen molar-refractivity contribution >= 4 is 12.1 Å². The second-order valence-electron chi connectivity index (χ2n) is 7.87. The van der Waals surface area contributed by atoms with Gasteiger partial charge in [-0.1, -0.05) is 0 Å². The summed E-state index contributed by atoms with van der Waals surface area (Å²) in [5.74, 6) is 1.43. The van der Waals surface area contributed by atoms with Gasteiger partial charge in [0.15, 0.2) is 0 Å². The summed E-state index contributed by atoms with van der Waals surface area (Å²) in [6.07, 6.45) is 1.52. The number of nitrogens with zero attached hydrogens (tertiary/aromatic N) is 1. The third-order valence-corrected chi connectivity index (χ3v) is 4.38. The molecule has 28 heavy (non-hydrogen) atoms. The lowest BCUT2D eigenvalue weighted by Gasteiger charge is -2.33. The highest BCUT2D eigenvalue weighted by Gasteiger charge is 2.27. The van der Waals surface area contributed by atoms with E-state index >= 15 is 0 Å².